The largest absolute Gasteiger partial charge is 0.373 e. The van der Waals surface area contributed by atoms with Gasteiger partial charge in [-0.25, -0.2) is 0 Å². The van der Waals surface area contributed by atoms with Gasteiger partial charge in [0.1, 0.15) is 0 Å². The highest BCUT2D eigenvalue weighted by Crippen LogP contribution is 2.68. The van der Waals surface area contributed by atoms with Gasteiger partial charge in [-0.05, 0) is 56.8 Å². The van der Waals surface area contributed by atoms with Crippen LogP contribution in [0.25, 0.3) is 0 Å². The Balaban J connectivity index is 1.42. The van der Waals surface area contributed by atoms with Crippen LogP contribution in [0.5, 0.6) is 0 Å². The predicted octanol–water partition coefficient (Wildman–Crippen LogP) is 1.34. The van der Waals surface area contributed by atoms with Crippen molar-refractivity contribution in [2.45, 2.75) is 86.9 Å². The van der Waals surface area contributed by atoms with E-state index in [0.29, 0.717) is 30.3 Å². The maximum atomic E-state index is 7.46. The zero-order chi connectivity index (χ0) is 18.3. The van der Waals surface area contributed by atoms with E-state index in [1.807, 2.05) is 0 Å². The summed E-state index contributed by atoms with van der Waals surface area (Å²) in [6, 6.07) is 0. The first-order valence-corrected chi connectivity index (χ1v) is 11.0. The molecule has 27 heavy (non-hydrogen) atoms. The van der Waals surface area contributed by atoms with E-state index < -0.39 is 0 Å². The van der Waals surface area contributed by atoms with E-state index in [-0.39, 0.29) is 16.5 Å². The monoisotopic (exact) mass is 378 g/mol. The summed E-state index contributed by atoms with van der Waals surface area (Å²) >= 11 is 0. The van der Waals surface area contributed by atoms with Gasteiger partial charge in [-0.2, -0.15) is 0 Å². The second kappa shape index (κ2) is 5.89. The van der Waals surface area contributed by atoms with Gasteiger partial charge >= 0.3 is 0 Å². The van der Waals surface area contributed by atoms with Crippen LogP contribution in [-0.2, 0) is 18.9 Å². The lowest BCUT2D eigenvalue weighted by atomic mass is 9.48. The van der Waals surface area contributed by atoms with Gasteiger partial charge in [0.25, 0.3) is 0 Å². The van der Waals surface area contributed by atoms with Crippen molar-refractivity contribution >= 4 is 0 Å². The quantitative estimate of drug-likeness (QED) is 0.556. The number of fused-ring (bicyclic) bond motifs is 2. The van der Waals surface area contributed by atoms with Crippen LogP contribution in [0.3, 0.4) is 0 Å². The molecule has 6 fully saturated rings. The molecule has 0 amide bonds. The van der Waals surface area contributed by atoms with Crippen LogP contribution in [-0.4, -0.2) is 61.9 Å². The molecule has 6 unspecified atom stereocenters. The molecule has 4 saturated heterocycles. The summed E-state index contributed by atoms with van der Waals surface area (Å²) in [5.41, 5.74) is 14.2. The lowest BCUT2D eigenvalue weighted by Crippen LogP contribution is -2.72. The number of nitrogens with two attached hydrogens (primary N) is 2. The molecule has 4 N–H and O–H groups in total. The van der Waals surface area contributed by atoms with E-state index >= 15 is 0 Å². The Kier molecular flexibility index (Phi) is 3.84. The highest BCUT2D eigenvalue weighted by atomic mass is 16.6. The zero-order valence-electron chi connectivity index (χ0n) is 16.2. The molecule has 0 radical (unpaired) electrons. The molecule has 0 aromatic rings. The molecule has 2 saturated carbocycles. The summed E-state index contributed by atoms with van der Waals surface area (Å²) in [5, 5.41) is 0. The Morgan fingerprint density at radius 1 is 0.704 bits per heavy atom. The number of hydrogen-bond acceptors (Lipinski definition) is 6. The van der Waals surface area contributed by atoms with Gasteiger partial charge in [-0.3, -0.25) is 0 Å². The average molecular weight is 379 g/mol. The van der Waals surface area contributed by atoms with Crippen molar-refractivity contribution in [3.05, 3.63) is 0 Å². The first-order chi connectivity index (χ1) is 13.0. The van der Waals surface area contributed by atoms with Gasteiger partial charge in [0.15, 0.2) is 0 Å². The summed E-state index contributed by atoms with van der Waals surface area (Å²) in [4.78, 5) is 0. The lowest BCUT2D eigenvalue weighted by molar-refractivity contribution is -0.0613. The minimum absolute atomic E-state index is 0.0568. The van der Waals surface area contributed by atoms with Gasteiger partial charge in [0, 0.05) is 16.5 Å². The molecule has 0 spiro atoms. The minimum Gasteiger partial charge on any atom is -0.373 e. The summed E-state index contributed by atoms with van der Waals surface area (Å²) in [6.07, 6.45) is 10.0. The normalized spacial score (nSPS) is 50.9. The molecule has 0 aromatic heterocycles. The van der Waals surface area contributed by atoms with E-state index in [1.165, 1.54) is 25.7 Å². The summed E-state index contributed by atoms with van der Waals surface area (Å²) in [7, 11) is 0. The van der Waals surface area contributed by atoms with Crippen LogP contribution in [0.15, 0.2) is 0 Å². The molecule has 2 bridgehead atoms. The molecule has 152 valence electrons. The minimum atomic E-state index is -0.326. The third kappa shape index (κ3) is 2.99. The van der Waals surface area contributed by atoms with Gasteiger partial charge in [-0.1, -0.05) is 6.42 Å². The molecule has 6 rings (SSSR count). The topological polar surface area (TPSA) is 102 Å². The molecule has 4 heterocycles. The molecular weight excluding hydrogens is 344 g/mol. The van der Waals surface area contributed by atoms with Crippen molar-refractivity contribution in [1.29, 1.82) is 0 Å². The SMILES string of the molecule is NC(CC1CO1)(CC1CO1)C1(C(N)(CC2CO2)CC2CO2)CC2CCC1C2. The van der Waals surface area contributed by atoms with Crippen LogP contribution in [0.4, 0.5) is 0 Å². The summed E-state index contributed by atoms with van der Waals surface area (Å²) in [6.45, 7) is 3.40. The Labute approximate surface area is 161 Å². The summed E-state index contributed by atoms with van der Waals surface area (Å²) in [5.74, 6) is 1.40. The van der Waals surface area contributed by atoms with Crippen molar-refractivity contribution in [2.75, 3.05) is 26.4 Å². The van der Waals surface area contributed by atoms with E-state index in [1.54, 1.807) is 0 Å². The van der Waals surface area contributed by atoms with E-state index in [0.717, 1.165) is 58.0 Å². The Morgan fingerprint density at radius 3 is 1.37 bits per heavy atom. The molecule has 2 aliphatic carbocycles. The van der Waals surface area contributed by atoms with E-state index in [9.17, 15) is 0 Å². The van der Waals surface area contributed by atoms with E-state index in [4.69, 9.17) is 30.4 Å². The fourth-order valence-corrected chi connectivity index (χ4v) is 7.31. The molecule has 0 aromatic carbocycles. The number of rotatable bonds is 10. The smallest absolute Gasteiger partial charge is 0.0827 e. The van der Waals surface area contributed by atoms with Crippen molar-refractivity contribution in [1.82, 2.24) is 0 Å². The second-order valence-electron chi connectivity index (χ2n) is 10.5. The Bertz CT molecular complexity index is 531. The van der Waals surface area contributed by atoms with Crippen LogP contribution in [0.1, 0.15) is 51.4 Å². The first kappa shape index (κ1) is 17.6. The number of ether oxygens (including phenoxy) is 4. The molecule has 6 aliphatic rings. The molecular formula is C21H34N2O4. The maximum absolute atomic E-state index is 7.46. The van der Waals surface area contributed by atoms with Crippen LogP contribution >= 0.6 is 0 Å². The van der Waals surface area contributed by atoms with Gasteiger partial charge in [-0.15, -0.1) is 0 Å². The van der Waals surface area contributed by atoms with Crippen LogP contribution in [0.2, 0.25) is 0 Å². The Morgan fingerprint density at radius 2 is 1.11 bits per heavy atom. The highest BCUT2D eigenvalue weighted by Gasteiger charge is 2.70. The standard InChI is InChI=1S/C21H34N2O4/c22-19(5-15-9-24-15,6-16-10-25-16)21(4-13-1-2-14(21)3-13)20(23,7-17-11-26-17)8-18-12-27-18/h13-18H,1-12,22-23H2. The van der Waals surface area contributed by atoms with Crippen molar-refractivity contribution in [3.63, 3.8) is 0 Å². The molecule has 4 aliphatic heterocycles. The molecule has 6 nitrogen and oxygen atoms in total. The second-order valence-corrected chi connectivity index (χ2v) is 10.5. The van der Waals surface area contributed by atoms with Crippen LogP contribution in [0, 0.1) is 17.3 Å². The zero-order valence-corrected chi connectivity index (χ0v) is 16.2. The number of hydrogen-bond donors (Lipinski definition) is 2. The van der Waals surface area contributed by atoms with E-state index in [2.05, 4.69) is 0 Å². The Hall–Kier alpha value is -0.240. The van der Waals surface area contributed by atoms with Crippen molar-refractivity contribution < 1.29 is 18.9 Å². The highest BCUT2D eigenvalue weighted by molar-refractivity contribution is 5.24. The van der Waals surface area contributed by atoms with Crippen molar-refractivity contribution in [3.8, 4) is 0 Å². The number of epoxide rings is 4. The van der Waals surface area contributed by atoms with Gasteiger partial charge in [0.2, 0.25) is 0 Å². The predicted molar refractivity (Wildman–Crippen MR) is 99.1 cm³/mol. The van der Waals surface area contributed by atoms with Crippen LogP contribution < -0.4 is 11.5 Å². The van der Waals surface area contributed by atoms with Crippen molar-refractivity contribution in [2.24, 2.45) is 28.7 Å². The first-order valence-electron chi connectivity index (χ1n) is 11.0. The third-order valence-electron chi connectivity index (χ3n) is 8.60. The van der Waals surface area contributed by atoms with Gasteiger partial charge in [0.05, 0.1) is 50.8 Å². The average Bonchev–Trinajstić information content (AvgIpc) is 3.38. The third-order valence-corrected chi connectivity index (χ3v) is 8.60. The lowest BCUT2D eigenvalue weighted by Gasteiger charge is -2.61. The molecule has 6 atom stereocenters. The van der Waals surface area contributed by atoms with Gasteiger partial charge < -0.3 is 30.4 Å². The fourth-order valence-electron chi connectivity index (χ4n) is 7.31. The maximum Gasteiger partial charge on any atom is 0.0827 e. The molecule has 6 heteroatoms. The fraction of sp³-hybridized carbons (Fsp3) is 1.00. The summed E-state index contributed by atoms with van der Waals surface area (Å²) < 4.78 is 22.7.